The molecule has 3 aromatic rings. The first-order valence-corrected chi connectivity index (χ1v) is 7.16. The van der Waals surface area contributed by atoms with Gasteiger partial charge in [-0.25, -0.2) is 4.98 Å². The summed E-state index contributed by atoms with van der Waals surface area (Å²) in [6.07, 6.45) is 0. The van der Waals surface area contributed by atoms with Crippen LogP contribution in [-0.2, 0) is 0 Å². The fourth-order valence-corrected chi connectivity index (χ4v) is 2.25. The van der Waals surface area contributed by atoms with Crippen molar-refractivity contribution in [2.75, 3.05) is 5.32 Å². The number of nitrogens with zero attached hydrogens (tertiary/aromatic N) is 1. The molecule has 0 unspecified atom stereocenters. The zero-order chi connectivity index (χ0) is 15.4. The van der Waals surface area contributed by atoms with Crippen LogP contribution < -0.4 is 10.6 Å². The first-order valence-electron chi connectivity index (χ1n) is 6.75. The molecule has 2 N–H and O–H groups in total. The lowest BCUT2D eigenvalue weighted by Gasteiger charge is -2.09. The summed E-state index contributed by atoms with van der Waals surface area (Å²) in [5.74, 6) is 0.343. The third-order valence-corrected chi connectivity index (χ3v) is 3.31. The number of benzene rings is 2. The highest BCUT2D eigenvalue weighted by molar-refractivity contribution is 7.80. The van der Waals surface area contributed by atoms with Crippen molar-refractivity contribution in [1.82, 2.24) is 10.3 Å². The molecule has 108 valence electrons. The molecule has 0 atom stereocenters. The van der Waals surface area contributed by atoms with Gasteiger partial charge in [0, 0.05) is 10.9 Å². The number of nitrogens with one attached hydrogen (secondary N) is 2. The van der Waals surface area contributed by atoms with Crippen molar-refractivity contribution in [1.29, 1.82) is 0 Å². The second-order valence-electron chi connectivity index (χ2n) is 4.66. The van der Waals surface area contributed by atoms with Crippen molar-refractivity contribution in [2.24, 2.45) is 0 Å². The van der Waals surface area contributed by atoms with E-state index in [1.165, 1.54) is 0 Å². The van der Waals surface area contributed by atoms with Gasteiger partial charge in [-0.05, 0) is 42.5 Å². The van der Waals surface area contributed by atoms with Crippen molar-refractivity contribution in [3.05, 3.63) is 72.3 Å². The van der Waals surface area contributed by atoms with Crippen LogP contribution in [0.4, 0.5) is 5.82 Å². The predicted molar refractivity (Wildman–Crippen MR) is 91.9 cm³/mol. The van der Waals surface area contributed by atoms with Crippen molar-refractivity contribution in [2.45, 2.75) is 0 Å². The van der Waals surface area contributed by atoms with Crippen molar-refractivity contribution in [3.63, 3.8) is 0 Å². The summed E-state index contributed by atoms with van der Waals surface area (Å²) in [6.45, 7) is 0. The van der Waals surface area contributed by atoms with Crippen molar-refractivity contribution < 1.29 is 4.79 Å². The van der Waals surface area contributed by atoms with Gasteiger partial charge in [-0.2, -0.15) is 0 Å². The summed E-state index contributed by atoms with van der Waals surface area (Å²) >= 11 is 5.15. The maximum absolute atomic E-state index is 12.0. The van der Waals surface area contributed by atoms with Gasteiger partial charge in [-0.3, -0.25) is 10.1 Å². The zero-order valence-electron chi connectivity index (χ0n) is 11.6. The number of fused-ring (bicyclic) bond motifs is 1. The van der Waals surface area contributed by atoms with Crippen LogP contribution in [0.15, 0.2) is 66.7 Å². The quantitative estimate of drug-likeness (QED) is 0.713. The summed E-state index contributed by atoms with van der Waals surface area (Å²) < 4.78 is 0. The Morgan fingerprint density at radius 2 is 1.64 bits per heavy atom. The van der Waals surface area contributed by atoms with Gasteiger partial charge in [0.15, 0.2) is 5.11 Å². The second-order valence-corrected chi connectivity index (χ2v) is 5.07. The van der Waals surface area contributed by atoms with Crippen LogP contribution in [0.2, 0.25) is 0 Å². The Balaban J connectivity index is 1.69. The highest BCUT2D eigenvalue weighted by Crippen LogP contribution is 2.14. The average Bonchev–Trinajstić information content (AvgIpc) is 2.55. The molecule has 0 radical (unpaired) electrons. The van der Waals surface area contributed by atoms with E-state index in [0.29, 0.717) is 11.4 Å². The molecular formula is C17H13N3OS. The zero-order valence-corrected chi connectivity index (χ0v) is 12.4. The van der Waals surface area contributed by atoms with E-state index < -0.39 is 0 Å². The Morgan fingerprint density at radius 3 is 2.45 bits per heavy atom. The van der Waals surface area contributed by atoms with E-state index in [4.69, 9.17) is 12.2 Å². The maximum Gasteiger partial charge on any atom is 0.257 e. The van der Waals surface area contributed by atoms with E-state index in [-0.39, 0.29) is 11.0 Å². The third-order valence-electron chi connectivity index (χ3n) is 3.10. The minimum Gasteiger partial charge on any atom is -0.317 e. The molecule has 0 bridgehead atoms. The summed E-state index contributed by atoms with van der Waals surface area (Å²) in [5.41, 5.74) is 1.42. The molecular weight excluding hydrogens is 294 g/mol. The molecule has 1 amide bonds. The Bertz CT molecular complexity index is 833. The van der Waals surface area contributed by atoms with Gasteiger partial charge in [0.05, 0.1) is 5.52 Å². The second kappa shape index (κ2) is 6.32. The molecule has 0 saturated heterocycles. The van der Waals surface area contributed by atoms with Crippen LogP contribution in [0.25, 0.3) is 10.9 Å². The molecule has 22 heavy (non-hydrogen) atoms. The summed E-state index contributed by atoms with van der Waals surface area (Å²) in [5, 5.41) is 6.82. The van der Waals surface area contributed by atoms with Gasteiger partial charge in [0.2, 0.25) is 0 Å². The summed E-state index contributed by atoms with van der Waals surface area (Å²) in [4.78, 5) is 16.4. The van der Waals surface area contributed by atoms with Gasteiger partial charge in [0.25, 0.3) is 5.91 Å². The smallest absolute Gasteiger partial charge is 0.257 e. The number of amides is 1. The average molecular weight is 307 g/mol. The van der Waals surface area contributed by atoms with Crippen LogP contribution in [0.3, 0.4) is 0 Å². The van der Waals surface area contributed by atoms with Crippen LogP contribution in [-0.4, -0.2) is 16.0 Å². The number of hydrogen-bond donors (Lipinski definition) is 2. The van der Waals surface area contributed by atoms with E-state index in [1.807, 2.05) is 42.5 Å². The van der Waals surface area contributed by atoms with Crippen LogP contribution in [0.1, 0.15) is 10.4 Å². The number of pyridine rings is 1. The number of hydrogen-bond acceptors (Lipinski definition) is 3. The minimum absolute atomic E-state index is 0.219. The van der Waals surface area contributed by atoms with Gasteiger partial charge in [0.1, 0.15) is 5.82 Å². The number of para-hydroxylation sites is 1. The van der Waals surface area contributed by atoms with Crippen LogP contribution in [0, 0.1) is 0 Å². The monoisotopic (exact) mass is 307 g/mol. The van der Waals surface area contributed by atoms with Crippen LogP contribution >= 0.6 is 12.2 Å². The van der Waals surface area contributed by atoms with Gasteiger partial charge < -0.3 is 5.32 Å². The Hall–Kier alpha value is -2.79. The lowest BCUT2D eigenvalue weighted by atomic mass is 10.2. The molecule has 0 aliphatic heterocycles. The predicted octanol–water partition coefficient (Wildman–Crippen LogP) is 3.36. The molecule has 0 fully saturated rings. The molecule has 0 aliphatic rings. The Labute approximate surface area is 133 Å². The molecule has 4 nitrogen and oxygen atoms in total. The summed E-state index contributed by atoms with van der Waals surface area (Å²) in [6, 6.07) is 20.5. The minimum atomic E-state index is -0.251. The number of rotatable bonds is 2. The van der Waals surface area contributed by atoms with E-state index in [0.717, 1.165) is 10.9 Å². The fraction of sp³-hybridized carbons (Fsp3) is 0. The largest absolute Gasteiger partial charge is 0.317 e. The lowest BCUT2D eigenvalue weighted by Crippen LogP contribution is -2.34. The van der Waals surface area contributed by atoms with E-state index in [9.17, 15) is 4.79 Å². The Morgan fingerprint density at radius 1 is 0.909 bits per heavy atom. The standard InChI is InChI=1S/C17H13N3OS/c21-16(13-7-2-1-3-8-13)20-17(22)19-15-11-10-12-6-4-5-9-14(12)18-15/h1-11H,(H2,18,19,20,21,22). The van der Waals surface area contributed by atoms with Crippen molar-refractivity contribution in [3.8, 4) is 0 Å². The molecule has 2 aromatic carbocycles. The molecule has 0 saturated carbocycles. The van der Waals surface area contributed by atoms with E-state index in [2.05, 4.69) is 15.6 Å². The first kappa shape index (κ1) is 14.2. The first-order chi connectivity index (χ1) is 10.7. The van der Waals surface area contributed by atoms with Gasteiger partial charge in [-0.1, -0.05) is 36.4 Å². The molecule has 0 aliphatic carbocycles. The molecule has 5 heteroatoms. The number of carbonyl (C=O) groups is 1. The molecule has 3 rings (SSSR count). The van der Waals surface area contributed by atoms with Crippen LogP contribution in [0.5, 0.6) is 0 Å². The number of thiocarbonyl (C=S) groups is 1. The maximum atomic E-state index is 12.0. The molecule has 1 heterocycles. The highest BCUT2D eigenvalue weighted by Gasteiger charge is 2.07. The van der Waals surface area contributed by atoms with E-state index >= 15 is 0 Å². The molecule has 0 spiro atoms. The van der Waals surface area contributed by atoms with Gasteiger partial charge >= 0.3 is 0 Å². The summed E-state index contributed by atoms with van der Waals surface area (Å²) in [7, 11) is 0. The SMILES string of the molecule is O=C(NC(=S)Nc1ccc2ccccc2n1)c1ccccc1. The Kier molecular flexibility index (Phi) is 4.07. The van der Waals surface area contributed by atoms with Crippen molar-refractivity contribution >= 4 is 40.0 Å². The third kappa shape index (κ3) is 3.27. The molecule has 1 aromatic heterocycles. The topological polar surface area (TPSA) is 54.0 Å². The fourth-order valence-electron chi connectivity index (χ4n) is 2.05. The van der Waals surface area contributed by atoms with Gasteiger partial charge in [-0.15, -0.1) is 0 Å². The van der Waals surface area contributed by atoms with E-state index in [1.54, 1.807) is 24.3 Å². The normalized spacial score (nSPS) is 10.2. The number of anilines is 1. The number of aromatic nitrogens is 1. The lowest BCUT2D eigenvalue weighted by molar-refractivity contribution is 0.0978. The highest BCUT2D eigenvalue weighted by atomic mass is 32.1. The number of carbonyl (C=O) groups excluding carboxylic acids is 1.